The molecule has 0 radical (unpaired) electrons. The first-order chi connectivity index (χ1) is 9.16. The molecule has 0 unspecified atom stereocenters. The van der Waals surface area contributed by atoms with Crippen LogP contribution < -0.4 is 10.6 Å². The number of para-hydroxylation sites is 1. The topological polar surface area (TPSA) is 66.0 Å². The van der Waals surface area contributed by atoms with Crippen molar-refractivity contribution in [3.05, 3.63) is 36.0 Å². The predicted octanol–water partition coefficient (Wildman–Crippen LogP) is 2.37. The lowest BCUT2D eigenvalue weighted by atomic mass is 10.1. The van der Waals surface area contributed by atoms with Crippen molar-refractivity contribution >= 4 is 22.4 Å². The minimum absolute atomic E-state index is 0.0795. The van der Waals surface area contributed by atoms with Crippen LogP contribution in [0.2, 0.25) is 0 Å². The highest BCUT2D eigenvalue weighted by Gasteiger charge is 2.25. The number of rotatable bonds is 4. The van der Waals surface area contributed by atoms with Crippen LogP contribution in [0, 0.1) is 11.3 Å². The summed E-state index contributed by atoms with van der Waals surface area (Å²) in [6, 6.07) is 8.02. The van der Waals surface area contributed by atoms with Crippen LogP contribution >= 0.6 is 0 Å². The maximum Gasteiger partial charge on any atom is 0.126 e. The molecule has 4 nitrogen and oxygen atoms in total. The highest BCUT2D eigenvalue weighted by Crippen LogP contribution is 2.34. The van der Waals surface area contributed by atoms with Gasteiger partial charge in [-0.1, -0.05) is 18.2 Å². The van der Waals surface area contributed by atoms with E-state index in [0.29, 0.717) is 0 Å². The number of pyridine rings is 1. The summed E-state index contributed by atoms with van der Waals surface area (Å²) < 4.78 is 0. The number of anilines is 1. The van der Waals surface area contributed by atoms with E-state index in [0.717, 1.165) is 34.6 Å². The Balaban J connectivity index is 2.15. The van der Waals surface area contributed by atoms with Gasteiger partial charge in [0.25, 0.3) is 0 Å². The molecule has 1 aromatic carbocycles. The lowest BCUT2D eigenvalue weighted by Crippen LogP contribution is -2.25. The molecule has 0 atom stereocenters. The lowest BCUT2D eigenvalue weighted by Gasteiger charge is -2.23. The minimum Gasteiger partial charge on any atom is -0.384 e. The molecule has 19 heavy (non-hydrogen) atoms. The van der Waals surface area contributed by atoms with Crippen LogP contribution in [0.5, 0.6) is 0 Å². The van der Waals surface area contributed by atoms with E-state index >= 15 is 0 Å². The molecule has 0 spiro atoms. The molecule has 0 amide bonds. The summed E-state index contributed by atoms with van der Waals surface area (Å²) in [7, 11) is 2.08. The Morgan fingerprint density at radius 3 is 2.84 bits per heavy atom. The maximum absolute atomic E-state index is 7.75. The average Bonchev–Trinajstić information content (AvgIpc) is 3.21. The molecule has 1 saturated carbocycles. The maximum atomic E-state index is 7.75. The van der Waals surface area contributed by atoms with Gasteiger partial charge in [-0.2, -0.15) is 0 Å². The highest BCUT2D eigenvalue weighted by molar-refractivity contribution is 6.07. The number of nitrogens with two attached hydrogens (primary N) is 1. The second-order valence-corrected chi connectivity index (χ2v) is 5.28. The average molecular weight is 254 g/mol. The zero-order chi connectivity index (χ0) is 13.4. The molecule has 0 saturated heterocycles. The lowest BCUT2D eigenvalue weighted by molar-refractivity contribution is 0.788. The summed E-state index contributed by atoms with van der Waals surface area (Å²) in [6.07, 6.45) is 4.33. The Morgan fingerprint density at radius 2 is 2.16 bits per heavy atom. The number of nitrogens with zero attached hydrogens (tertiary/aromatic N) is 2. The van der Waals surface area contributed by atoms with E-state index in [-0.39, 0.29) is 5.84 Å². The first-order valence-corrected chi connectivity index (χ1v) is 6.60. The van der Waals surface area contributed by atoms with E-state index in [4.69, 9.17) is 11.1 Å². The van der Waals surface area contributed by atoms with Gasteiger partial charge in [0.2, 0.25) is 0 Å². The van der Waals surface area contributed by atoms with Gasteiger partial charge >= 0.3 is 0 Å². The Kier molecular flexibility index (Phi) is 2.85. The van der Waals surface area contributed by atoms with Crippen molar-refractivity contribution in [1.29, 1.82) is 5.41 Å². The number of fused-ring (bicyclic) bond motifs is 1. The number of aromatic nitrogens is 1. The van der Waals surface area contributed by atoms with E-state index in [9.17, 15) is 0 Å². The second-order valence-electron chi connectivity index (χ2n) is 5.28. The van der Waals surface area contributed by atoms with E-state index in [1.807, 2.05) is 24.3 Å². The van der Waals surface area contributed by atoms with Crippen molar-refractivity contribution in [2.45, 2.75) is 12.8 Å². The normalized spacial score (nSPS) is 14.6. The number of hydrogen-bond acceptors (Lipinski definition) is 3. The van der Waals surface area contributed by atoms with Gasteiger partial charge < -0.3 is 10.6 Å². The van der Waals surface area contributed by atoms with Gasteiger partial charge in [0.15, 0.2) is 0 Å². The number of hydrogen-bond donors (Lipinski definition) is 2. The number of amidine groups is 1. The fourth-order valence-corrected chi connectivity index (χ4v) is 2.51. The number of nitrogen functional groups attached to an aromatic ring is 1. The van der Waals surface area contributed by atoms with E-state index in [2.05, 4.69) is 16.9 Å². The van der Waals surface area contributed by atoms with Crippen LogP contribution in [-0.2, 0) is 0 Å². The largest absolute Gasteiger partial charge is 0.384 e. The zero-order valence-electron chi connectivity index (χ0n) is 11.1. The molecular formula is C15H18N4. The second kappa shape index (κ2) is 4.53. The molecule has 0 bridgehead atoms. The van der Waals surface area contributed by atoms with Crippen molar-refractivity contribution in [3.63, 3.8) is 0 Å². The molecule has 1 aromatic heterocycles. The Hall–Kier alpha value is -2.10. The summed E-state index contributed by atoms with van der Waals surface area (Å²) in [5.74, 6) is 0.868. The predicted molar refractivity (Wildman–Crippen MR) is 78.8 cm³/mol. The van der Waals surface area contributed by atoms with Gasteiger partial charge in [-0.25, -0.2) is 0 Å². The summed E-state index contributed by atoms with van der Waals surface area (Å²) >= 11 is 0. The summed E-state index contributed by atoms with van der Waals surface area (Å²) in [5.41, 5.74) is 8.41. The van der Waals surface area contributed by atoms with Crippen LogP contribution in [0.1, 0.15) is 18.4 Å². The van der Waals surface area contributed by atoms with Gasteiger partial charge in [-0.3, -0.25) is 10.4 Å². The first-order valence-electron chi connectivity index (χ1n) is 6.60. The van der Waals surface area contributed by atoms with Gasteiger partial charge in [-0.15, -0.1) is 0 Å². The molecule has 0 aliphatic heterocycles. The number of benzene rings is 1. The molecule has 1 aliphatic carbocycles. The standard InChI is InChI=1S/C15H18N4/c1-19(9-10-6-7-10)14-11-4-2-3-5-13(11)18-8-12(14)15(16)17/h2-5,8,10H,6-7,9H2,1H3,(H3,16,17). The molecule has 4 heteroatoms. The molecule has 1 heterocycles. The first kappa shape index (κ1) is 12.0. The third kappa shape index (κ3) is 2.26. The van der Waals surface area contributed by atoms with E-state index in [1.54, 1.807) is 6.20 Å². The quantitative estimate of drug-likeness (QED) is 0.650. The minimum atomic E-state index is 0.0795. The van der Waals surface area contributed by atoms with Gasteiger partial charge in [0.1, 0.15) is 5.84 Å². The van der Waals surface area contributed by atoms with Crippen LogP contribution in [0.4, 0.5) is 5.69 Å². The van der Waals surface area contributed by atoms with Crippen molar-refractivity contribution < 1.29 is 0 Å². The van der Waals surface area contributed by atoms with Crippen LogP contribution in [0.25, 0.3) is 10.9 Å². The molecule has 3 rings (SSSR count). The van der Waals surface area contributed by atoms with Crippen molar-refractivity contribution in [1.82, 2.24) is 4.98 Å². The fourth-order valence-electron chi connectivity index (χ4n) is 2.51. The monoisotopic (exact) mass is 254 g/mol. The van der Waals surface area contributed by atoms with Crippen LogP contribution in [0.15, 0.2) is 30.5 Å². The van der Waals surface area contributed by atoms with Gasteiger partial charge in [0.05, 0.1) is 16.8 Å². The van der Waals surface area contributed by atoms with Gasteiger partial charge in [-0.05, 0) is 24.8 Å². The highest BCUT2D eigenvalue weighted by atomic mass is 15.1. The molecular weight excluding hydrogens is 236 g/mol. The summed E-state index contributed by atoms with van der Waals surface area (Å²) in [5, 5.41) is 8.82. The molecule has 98 valence electrons. The number of nitrogens with one attached hydrogen (secondary N) is 1. The zero-order valence-corrected chi connectivity index (χ0v) is 11.1. The molecule has 1 aliphatic rings. The molecule has 1 fully saturated rings. The fraction of sp³-hybridized carbons (Fsp3) is 0.333. The molecule has 3 N–H and O–H groups in total. The third-order valence-electron chi connectivity index (χ3n) is 3.65. The summed E-state index contributed by atoms with van der Waals surface area (Å²) in [4.78, 5) is 6.61. The SMILES string of the molecule is CN(CC1CC1)c1c(C(=N)N)cnc2ccccc12. The Morgan fingerprint density at radius 1 is 1.42 bits per heavy atom. The third-order valence-corrected chi connectivity index (χ3v) is 3.65. The van der Waals surface area contributed by atoms with Gasteiger partial charge in [0, 0.05) is 25.2 Å². The van der Waals surface area contributed by atoms with Crippen LogP contribution in [-0.4, -0.2) is 24.4 Å². The van der Waals surface area contributed by atoms with E-state index < -0.39 is 0 Å². The van der Waals surface area contributed by atoms with Crippen molar-refractivity contribution in [2.75, 3.05) is 18.5 Å². The van der Waals surface area contributed by atoms with E-state index in [1.165, 1.54) is 12.8 Å². The molecule has 2 aromatic rings. The van der Waals surface area contributed by atoms with Crippen LogP contribution in [0.3, 0.4) is 0 Å². The summed E-state index contributed by atoms with van der Waals surface area (Å²) in [6.45, 7) is 1.02. The smallest absolute Gasteiger partial charge is 0.126 e. The van der Waals surface area contributed by atoms with Crippen molar-refractivity contribution in [3.8, 4) is 0 Å². The Labute approximate surface area is 112 Å². The van der Waals surface area contributed by atoms with Crippen molar-refractivity contribution in [2.24, 2.45) is 11.7 Å². The Bertz CT molecular complexity index is 631.